The maximum atomic E-state index is 12.6. The highest BCUT2D eigenvalue weighted by Crippen LogP contribution is 2.20. The Balaban J connectivity index is 1.53. The van der Waals surface area contributed by atoms with Gasteiger partial charge in [-0.05, 0) is 36.1 Å². The van der Waals surface area contributed by atoms with E-state index in [0.29, 0.717) is 12.1 Å². The Morgan fingerprint density at radius 1 is 0.793 bits per heavy atom. The number of aliphatic carboxylic acids is 1. The van der Waals surface area contributed by atoms with Crippen LogP contribution in [0.25, 0.3) is 11.1 Å². The molecule has 0 fully saturated rings. The van der Waals surface area contributed by atoms with Crippen molar-refractivity contribution in [2.45, 2.75) is 25.3 Å². The third kappa shape index (κ3) is 6.13. The maximum Gasteiger partial charge on any atom is 0.321 e. The molecule has 1 atom stereocenters. The van der Waals surface area contributed by atoms with E-state index in [9.17, 15) is 14.7 Å². The zero-order valence-corrected chi connectivity index (χ0v) is 16.3. The van der Waals surface area contributed by atoms with Gasteiger partial charge in [0.2, 0.25) is 0 Å². The lowest BCUT2D eigenvalue weighted by atomic mass is 9.99. The minimum Gasteiger partial charge on any atom is -0.480 e. The van der Waals surface area contributed by atoms with Gasteiger partial charge in [-0.1, -0.05) is 84.9 Å². The van der Waals surface area contributed by atoms with Crippen molar-refractivity contribution in [3.8, 4) is 11.1 Å². The first-order valence-corrected chi connectivity index (χ1v) is 9.82. The molecule has 0 bridgehead atoms. The molecule has 0 saturated carbocycles. The van der Waals surface area contributed by atoms with Crippen LogP contribution in [-0.2, 0) is 11.2 Å². The minimum atomic E-state index is -1.00. The van der Waals surface area contributed by atoms with E-state index in [4.69, 9.17) is 0 Å². The van der Waals surface area contributed by atoms with Gasteiger partial charge in [0.15, 0.2) is 5.78 Å². The molecule has 0 spiro atoms. The molecular weight excluding hydrogens is 362 g/mol. The van der Waals surface area contributed by atoms with Crippen molar-refractivity contribution >= 4 is 11.8 Å². The molecule has 148 valence electrons. The summed E-state index contributed by atoms with van der Waals surface area (Å²) >= 11 is 0. The van der Waals surface area contributed by atoms with Crippen LogP contribution >= 0.6 is 0 Å². The maximum absolute atomic E-state index is 12.6. The fourth-order valence-electron chi connectivity index (χ4n) is 3.24. The van der Waals surface area contributed by atoms with Crippen molar-refractivity contribution in [1.82, 2.24) is 5.32 Å². The second-order valence-corrected chi connectivity index (χ2v) is 7.00. The number of carboxylic acid groups (broad SMARTS) is 1. The van der Waals surface area contributed by atoms with Gasteiger partial charge in [-0.15, -0.1) is 0 Å². The number of ketones is 1. The highest BCUT2D eigenvalue weighted by molar-refractivity contribution is 5.99. The van der Waals surface area contributed by atoms with Gasteiger partial charge in [-0.25, -0.2) is 0 Å². The fraction of sp³-hybridized carbons (Fsp3) is 0.200. The van der Waals surface area contributed by atoms with E-state index < -0.39 is 12.0 Å². The summed E-state index contributed by atoms with van der Waals surface area (Å²) in [6.07, 6.45) is 1.62. The Bertz CT molecular complexity index is 921. The summed E-state index contributed by atoms with van der Waals surface area (Å²) in [7, 11) is 0. The molecule has 0 aromatic heterocycles. The van der Waals surface area contributed by atoms with Crippen LogP contribution in [0, 0.1) is 0 Å². The predicted octanol–water partition coefficient (Wildman–Crippen LogP) is 4.60. The van der Waals surface area contributed by atoms with E-state index in [1.165, 1.54) is 5.56 Å². The Hall–Kier alpha value is -3.24. The summed E-state index contributed by atoms with van der Waals surface area (Å²) in [5.74, 6) is -1.17. The first-order valence-electron chi connectivity index (χ1n) is 9.82. The number of benzene rings is 3. The van der Waals surface area contributed by atoms with Gasteiger partial charge in [-0.3, -0.25) is 9.59 Å². The average Bonchev–Trinajstić information content (AvgIpc) is 2.77. The smallest absolute Gasteiger partial charge is 0.321 e. The summed E-state index contributed by atoms with van der Waals surface area (Å²) < 4.78 is 0. The molecule has 0 radical (unpaired) electrons. The third-order valence-corrected chi connectivity index (χ3v) is 4.88. The molecule has 0 heterocycles. The molecule has 0 amide bonds. The molecule has 3 rings (SSSR count). The van der Waals surface area contributed by atoms with Gasteiger partial charge in [-0.2, -0.15) is 0 Å². The number of carbonyl (C=O) groups excluding carboxylic acids is 1. The third-order valence-electron chi connectivity index (χ3n) is 4.88. The minimum absolute atomic E-state index is 0.0641. The number of Topliss-reactive ketones (excluding diaryl/α,β-unsaturated/α-hetero) is 1. The molecule has 1 unspecified atom stereocenters. The number of carbonyl (C=O) groups is 2. The van der Waals surface area contributed by atoms with E-state index >= 15 is 0 Å². The lowest BCUT2D eigenvalue weighted by Gasteiger charge is -2.14. The first kappa shape index (κ1) is 20.5. The molecule has 0 saturated heterocycles. The van der Waals surface area contributed by atoms with Crippen LogP contribution in [0.1, 0.15) is 28.8 Å². The number of rotatable bonds is 10. The number of carboxylic acids is 1. The van der Waals surface area contributed by atoms with Gasteiger partial charge >= 0.3 is 5.97 Å². The van der Waals surface area contributed by atoms with E-state index in [1.54, 1.807) is 12.1 Å². The van der Waals surface area contributed by atoms with Crippen molar-refractivity contribution in [3.05, 3.63) is 96.1 Å². The van der Waals surface area contributed by atoms with Crippen LogP contribution in [0.5, 0.6) is 0 Å². The largest absolute Gasteiger partial charge is 0.480 e. The van der Waals surface area contributed by atoms with Crippen molar-refractivity contribution in [2.24, 2.45) is 0 Å². The Morgan fingerprint density at radius 2 is 1.38 bits per heavy atom. The molecule has 0 aliphatic carbocycles. The Kier molecular flexibility index (Phi) is 7.31. The fourth-order valence-corrected chi connectivity index (χ4v) is 3.24. The molecule has 2 N–H and O–H groups in total. The number of hydrogen-bond acceptors (Lipinski definition) is 3. The van der Waals surface area contributed by atoms with Crippen molar-refractivity contribution in [1.29, 1.82) is 0 Å². The normalized spacial score (nSPS) is 11.7. The Morgan fingerprint density at radius 3 is 2.00 bits per heavy atom. The topological polar surface area (TPSA) is 66.4 Å². The van der Waals surface area contributed by atoms with E-state index in [2.05, 4.69) is 17.4 Å². The zero-order valence-electron chi connectivity index (χ0n) is 16.3. The van der Waals surface area contributed by atoms with Crippen LogP contribution in [-0.4, -0.2) is 29.4 Å². The van der Waals surface area contributed by atoms with E-state index in [0.717, 1.165) is 24.0 Å². The highest BCUT2D eigenvalue weighted by atomic mass is 16.4. The lowest BCUT2D eigenvalue weighted by Crippen LogP contribution is -2.39. The van der Waals surface area contributed by atoms with Gasteiger partial charge in [0.1, 0.15) is 6.04 Å². The molecule has 4 heteroatoms. The van der Waals surface area contributed by atoms with Crippen LogP contribution < -0.4 is 5.32 Å². The molecule has 29 heavy (non-hydrogen) atoms. The summed E-state index contributed by atoms with van der Waals surface area (Å²) in [6.45, 7) is 0.548. The SMILES string of the molecule is O=C(CC(NCCCc1ccccc1)C(=O)O)c1ccc(-c2ccccc2)cc1. The van der Waals surface area contributed by atoms with Gasteiger partial charge in [0.05, 0.1) is 0 Å². The van der Waals surface area contributed by atoms with Crippen molar-refractivity contribution in [3.63, 3.8) is 0 Å². The number of aryl methyl sites for hydroxylation is 1. The summed E-state index contributed by atoms with van der Waals surface area (Å²) in [5.41, 5.74) is 3.85. The Labute approximate surface area is 171 Å². The van der Waals surface area contributed by atoms with Gasteiger partial charge in [0, 0.05) is 12.0 Å². The van der Waals surface area contributed by atoms with Crippen LogP contribution in [0.4, 0.5) is 0 Å². The van der Waals surface area contributed by atoms with Crippen LogP contribution in [0.15, 0.2) is 84.9 Å². The second-order valence-electron chi connectivity index (χ2n) is 7.00. The van der Waals surface area contributed by atoms with Gasteiger partial charge < -0.3 is 10.4 Å². The second kappa shape index (κ2) is 10.3. The summed E-state index contributed by atoms with van der Waals surface area (Å²) in [5, 5.41) is 12.5. The van der Waals surface area contributed by atoms with Gasteiger partial charge in [0.25, 0.3) is 0 Å². The predicted molar refractivity (Wildman–Crippen MR) is 115 cm³/mol. The molecular formula is C25H25NO3. The zero-order chi connectivity index (χ0) is 20.5. The summed E-state index contributed by atoms with van der Waals surface area (Å²) in [6, 6.07) is 26.4. The summed E-state index contributed by atoms with van der Waals surface area (Å²) in [4.78, 5) is 24.1. The van der Waals surface area contributed by atoms with Crippen LogP contribution in [0.3, 0.4) is 0 Å². The van der Waals surface area contributed by atoms with E-state index in [1.807, 2.05) is 60.7 Å². The van der Waals surface area contributed by atoms with Crippen LogP contribution in [0.2, 0.25) is 0 Å². The molecule has 0 aliphatic rings. The van der Waals surface area contributed by atoms with Crippen molar-refractivity contribution in [2.75, 3.05) is 6.54 Å². The van der Waals surface area contributed by atoms with Crippen molar-refractivity contribution < 1.29 is 14.7 Å². The first-order chi connectivity index (χ1) is 14.1. The monoisotopic (exact) mass is 387 g/mol. The average molecular weight is 387 g/mol. The van der Waals surface area contributed by atoms with E-state index in [-0.39, 0.29) is 12.2 Å². The molecule has 0 aliphatic heterocycles. The molecule has 3 aromatic carbocycles. The quantitative estimate of drug-likeness (QED) is 0.394. The standard InChI is InChI=1S/C25H25NO3/c27-24(22-15-13-21(14-16-22)20-11-5-2-6-12-20)18-23(25(28)29)26-17-7-10-19-8-3-1-4-9-19/h1-6,8-9,11-16,23,26H,7,10,17-18H2,(H,28,29). The number of nitrogens with one attached hydrogen (secondary N) is 1. The number of hydrogen-bond donors (Lipinski definition) is 2. The molecule has 4 nitrogen and oxygen atoms in total. The molecule has 3 aromatic rings. The highest BCUT2D eigenvalue weighted by Gasteiger charge is 2.21. The lowest BCUT2D eigenvalue weighted by molar-refractivity contribution is -0.139.